The minimum Gasteiger partial charge on any atom is -0.250 e. The van der Waals surface area contributed by atoms with E-state index < -0.39 is 0 Å². The minimum absolute atomic E-state index is 0.496. The van der Waals surface area contributed by atoms with Gasteiger partial charge in [0.25, 0.3) is 0 Å². The molecule has 0 saturated heterocycles. The van der Waals surface area contributed by atoms with Crippen LogP contribution in [-0.4, -0.2) is 14.8 Å². The van der Waals surface area contributed by atoms with Gasteiger partial charge in [-0.15, -0.1) is 0 Å². The van der Waals surface area contributed by atoms with Crippen LogP contribution in [0.3, 0.4) is 0 Å². The van der Waals surface area contributed by atoms with Crippen LogP contribution in [0.15, 0.2) is 12.7 Å². The van der Waals surface area contributed by atoms with E-state index >= 15 is 0 Å². The lowest BCUT2D eigenvalue weighted by molar-refractivity contribution is 0.431. The highest BCUT2D eigenvalue weighted by atomic mass is 15.3. The summed E-state index contributed by atoms with van der Waals surface area (Å²) in [6, 6.07) is 0.496. The third-order valence-electron chi connectivity index (χ3n) is 4.36. The fourth-order valence-electron chi connectivity index (χ4n) is 2.86. The molecule has 0 fully saturated rings. The second-order valence-electron chi connectivity index (χ2n) is 6.40. The maximum absolute atomic E-state index is 4.20. The first-order chi connectivity index (χ1) is 10.3. The number of unbranched alkanes of at least 4 members (excludes halogenated alkanes) is 11. The maximum atomic E-state index is 4.20. The first-order valence-corrected chi connectivity index (χ1v) is 9.18. The molecule has 3 heteroatoms. The van der Waals surface area contributed by atoms with Crippen molar-refractivity contribution in [2.45, 2.75) is 103 Å². The lowest BCUT2D eigenvalue weighted by Gasteiger charge is -2.10. The topological polar surface area (TPSA) is 30.7 Å². The van der Waals surface area contributed by atoms with Gasteiger partial charge in [-0.05, 0) is 13.3 Å². The van der Waals surface area contributed by atoms with Crippen molar-refractivity contribution in [1.82, 2.24) is 14.8 Å². The van der Waals surface area contributed by atoms with E-state index in [2.05, 4.69) is 23.9 Å². The molecule has 1 aromatic rings. The molecule has 1 rings (SSSR count). The molecule has 0 spiro atoms. The van der Waals surface area contributed by atoms with E-state index in [4.69, 9.17) is 0 Å². The molecule has 0 aromatic carbocycles. The summed E-state index contributed by atoms with van der Waals surface area (Å²) in [5.41, 5.74) is 0. The Morgan fingerprint density at radius 1 is 0.810 bits per heavy atom. The quantitative estimate of drug-likeness (QED) is 0.398. The Morgan fingerprint density at radius 3 is 1.81 bits per heavy atom. The average molecular weight is 293 g/mol. The van der Waals surface area contributed by atoms with Crippen molar-refractivity contribution >= 4 is 0 Å². The van der Waals surface area contributed by atoms with E-state index in [1.54, 1.807) is 6.33 Å². The standard InChI is InChI=1S/C18H35N3/c1-3-4-5-6-7-8-9-10-11-12-13-14-15-18(2)21-17-19-16-20-21/h16-18H,3-15H2,1-2H3. The number of hydrogen-bond donors (Lipinski definition) is 0. The van der Waals surface area contributed by atoms with Crippen LogP contribution < -0.4 is 0 Å². The smallest absolute Gasteiger partial charge is 0.137 e. The lowest BCUT2D eigenvalue weighted by Crippen LogP contribution is -2.05. The molecule has 21 heavy (non-hydrogen) atoms. The van der Waals surface area contributed by atoms with Gasteiger partial charge < -0.3 is 0 Å². The van der Waals surface area contributed by atoms with Crippen molar-refractivity contribution in [3.05, 3.63) is 12.7 Å². The molecule has 122 valence electrons. The molecule has 0 saturated carbocycles. The Balaban J connectivity index is 1.78. The highest BCUT2D eigenvalue weighted by molar-refractivity contribution is 4.64. The van der Waals surface area contributed by atoms with Gasteiger partial charge in [-0.2, -0.15) is 5.10 Å². The van der Waals surface area contributed by atoms with Gasteiger partial charge in [0.05, 0.1) is 6.04 Å². The molecule has 0 aliphatic rings. The van der Waals surface area contributed by atoms with Crippen molar-refractivity contribution in [3.63, 3.8) is 0 Å². The largest absolute Gasteiger partial charge is 0.250 e. The van der Waals surface area contributed by atoms with Crippen molar-refractivity contribution in [2.24, 2.45) is 0 Å². The van der Waals surface area contributed by atoms with Gasteiger partial charge in [-0.3, -0.25) is 4.68 Å². The predicted octanol–water partition coefficient (Wildman–Crippen LogP) is 5.93. The van der Waals surface area contributed by atoms with Gasteiger partial charge in [0.15, 0.2) is 0 Å². The summed E-state index contributed by atoms with van der Waals surface area (Å²) in [7, 11) is 0. The zero-order valence-corrected chi connectivity index (χ0v) is 14.3. The number of nitrogens with zero attached hydrogens (tertiary/aromatic N) is 3. The number of rotatable bonds is 14. The van der Waals surface area contributed by atoms with E-state index in [1.165, 1.54) is 83.5 Å². The van der Waals surface area contributed by atoms with Crippen molar-refractivity contribution in [3.8, 4) is 0 Å². The molecule has 1 heterocycles. The Labute approximate surface area is 131 Å². The summed E-state index contributed by atoms with van der Waals surface area (Å²) in [5.74, 6) is 0. The molecule has 0 amide bonds. The zero-order chi connectivity index (χ0) is 15.2. The van der Waals surface area contributed by atoms with Crippen molar-refractivity contribution in [2.75, 3.05) is 0 Å². The molecule has 1 unspecified atom stereocenters. The van der Waals surface area contributed by atoms with Crippen molar-refractivity contribution < 1.29 is 0 Å². The SMILES string of the molecule is CCCCCCCCCCCCCCC(C)n1cncn1. The molecular formula is C18H35N3. The summed E-state index contributed by atoms with van der Waals surface area (Å²) in [4.78, 5) is 4.00. The van der Waals surface area contributed by atoms with Crippen LogP contribution in [0.5, 0.6) is 0 Å². The van der Waals surface area contributed by atoms with E-state index in [1.807, 2.05) is 11.0 Å². The molecule has 0 aliphatic heterocycles. The summed E-state index contributed by atoms with van der Waals surface area (Å²) >= 11 is 0. The molecule has 1 aromatic heterocycles. The first-order valence-electron chi connectivity index (χ1n) is 9.18. The summed E-state index contributed by atoms with van der Waals surface area (Å²) in [6.45, 7) is 4.51. The van der Waals surface area contributed by atoms with Crippen LogP contribution in [0.2, 0.25) is 0 Å². The van der Waals surface area contributed by atoms with Crippen LogP contribution in [-0.2, 0) is 0 Å². The monoisotopic (exact) mass is 293 g/mol. The Hall–Kier alpha value is -0.860. The normalized spacial score (nSPS) is 12.7. The highest BCUT2D eigenvalue weighted by Gasteiger charge is 2.03. The fourth-order valence-corrected chi connectivity index (χ4v) is 2.86. The molecule has 1 atom stereocenters. The molecule has 0 aliphatic carbocycles. The van der Waals surface area contributed by atoms with E-state index in [0.717, 1.165) is 0 Å². The fraction of sp³-hybridized carbons (Fsp3) is 0.889. The Bertz CT molecular complexity index is 308. The molecule has 0 bridgehead atoms. The third-order valence-corrected chi connectivity index (χ3v) is 4.36. The van der Waals surface area contributed by atoms with Crippen LogP contribution in [0, 0.1) is 0 Å². The Morgan fingerprint density at radius 2 is 1.33 bits per heavy atom. The van der Waals surface area contributed by atoms with E-state index in [0.29, 0.717) is 6.04 Å². The van der Waals surface area contributed by atoms with Gasteiger partial charge in [0.2, 0.25) is 0 Å². The third kappa shape index (κ3) is 9.65. The second-order valence-corrected chi connectivity index (χ2v) is 6.40. The summed E-state index contributed by atoms with van der Waals surface area (Å²) in [5, 5.41) is 4.20. The summed E-state index contributed by atoms with van der Waals surface area (Å²) in [6.07, 6.45) is 21.7. The molecule has 3 nitrogen and oxygen atoms in total. The van der Waals surface area contributed by atoms with Crippen LogP contribution >= 0.6 is 0 Å². The molecule has 0 radical (unpaired) electrons. The molecular weight excluding hydrogens is 258 g/mol. The summed E-state index contributed by atoms with van der Waals surface area (Å²) < 4.78 is 1.97. The van der Waals surface area contributed by atoms with Gasteiger partial charge in [0, 0.05) is 0 Å². The minimum atomic E-state index is 0.496. The van der Waals surface area contributed by atoms with Crippen LogP contribution in [0.1, 0.15) is 103 Å². The van der Waals surface area contributed by atoms with E-state index in [-0.39, 0.29) is 0 Å². The lowest BCUT2D eigenvalue weighted by atomic mass is 10.0. The van der Waals surface area contributed by atoms with Gasteiger partial charge in [0.1, 0.15) is 12.7 Å². The van der Waals surface area contributed by atoms with Gasteiger partial charge in [-0.25, -0.2) is 4.98 Å². The van der Waals surface area contributed by atoms with Crippen LogP contribution in [0.25, 0.3) is 0 Å². The predicted molar refractivity (Wildman–Crippen MR) is 90.4 cm³/mol. The maximum Gasteiger partial charge on any atom is 0.137 e. The van der Waals surface area contributed by atoms with E-state index in [9.17, 15) is 0 Å². The number of hydrogen-bond acceptors (Lipinski definition) is 2. The number of aromatic nitrogens is 3. The van der Waals surface area contributed by atoms with Gasteiger partial charge >= 0.3 is 0 Å². The van der Waals surface area contributed by atoms with Gasteiger partial charge in [-0.1, -0.05) is 84.0 Å². The molecule has 0 N–H and O–H groups in total. The Kier molecular flexibility index (Phi) is 11.1. The second kappa shape index (κ2) is 12.8. The zero-order valence-electron chi connectivity index (χ0n) is 14.3. The highest BCUT2D eigenvalue weighted by Crippen LogP contribution is 2.16. The average Bonchev–Trinajstić information content (AvgIpc) is 3.02. The van der Waals surface area contributed by atoms with Crippen LogP contribution in [0.4, 0.5) is 0 Å². The first kappa shape index (κ1) is 18.2. The van der Waals surface area contributed by atoms with Crippen molar-refractivity contribution in [1.29, 1.82) is 0 Å².